The van der Waals surface area contributed by atoms with Gasteiger partial charge in [-0.3, -0.25) is 5.10 Å². The van der Waals surface area contributed by atoms with Crippen molar-refractivity contribution in [2.24, 2.45) is 7.05 Å². The van der Waals surface area contributed by atoms with E-state index in [4.69, 9.17) is 12.2 Å². The molecule has 84 valence electrons. The Morgan fingerprint density at radius 1 is 1.25 bits per heavy atom. The van der Waals surface area contributed by atoms with Gasteiger partial charge in [0, 0.05) is 12.5 Å². The molecule has 0 unspecified atom stereocenters. The summed E-state index contributed by atoms with van der Waals surface area (Å²) in [4.78, 5) is 0. The van der Waals surface area contributed by atoms with Crippen LogP contribution < -0.4 is 0 Å². The number of hydrogen-bond acceptors (Lipinski definition) is 2. The summed E-state index contributed by atoms with van der Waals surface area (Å²) >= 11 is 5.14. The van der Waals surface area contributed by atoms with Crippen LogP contribution in [0.3, 0.4) is 0 Å². The fourth-order valence-electron chi connectivity index (χ4n) is 1.89. The summed E-state index contributed by atoms with van der Waals surface area (Å²) in [5, 5.41) is 7.14. The first kappa shape index (κ1) is 11.1. The molecule has 1 N–H and O–H groups in total. The minimum atomic E-state index is -0.149. The quantitative estimate of drug-likeness (QED) is 0.809. The summed E-state index contributed by atoms with van der Waals surface area (Å²) < 4.78 is 2.57. The first-order chi connectivity index (χ1) is 7.53. The van der Waals surface area contributed by atoms with Crippen molar-refractivity contribution in [3.63, 3.8) is 0 Å². The Morgan fingerprint density at radius 2 is 1.88 bits per heavy atom. The van der Waals surface area contributed by atoms with E-state index in [0.717, 1.165) is 5.82 Å². The normalized spacial score (nSPS) is 11.7. The number of rotatable bonds is 2. The van der Waals surface area contributed by atoms with Crippen molar-refractivity contribution in [3.05, 3.63) is 46.5 Å². The molecule has 0 fully saturated rings. The highest BCUT2D eigenvalue weighted by molar-refractivity contribution is 7.71. The second-order valence-corrected chi connectivity index (χ2v) is 4.79. The number of hydrogen-bond donors (Lipinski definition) is 1. The third-order valence-electron chi connectivity index (χ3n) is 2.93. The van der Waals surface area contributed by atoms with E-state index >= 15 is 0 Å². The van der Waals surface area contributed by atoms with Crippen molar-refractivity contribution in [1.29, 1.82) is 0 Å². The van der Waals surface area contributed by atoms with E-state index in [0.29, 0.717) is 4.77 Å². The summed E-state index contributed by atoms with van der Waals surface area (Å²) in [6.45, 7) is 4.29. The van der Waals surface area contributed by atoms with E-state index in [2.05, 4.69) is 36.2 Å². The second-order valence-electron chi connectivity index (χ2n) is 4.40. The molecule has 0 spiro atoms. The Bertz CT molecular complexity index is 537. The van der Waals surface area contributed by atoms with Crippen molar-refractivity contribution in [2.45, 2.75) is 19.3 Å². The molecule has 3 nitrogen and oxygen atoms in total. The first-order valence-electron chi connectivity index (χ1n) is 5.21. The molecule has 2 aromatic rings. The third kappa shape index (κ3) is 1.69. The van der Waals surface area contributed by atoms with Gasteiger partial charge in [-0.25, -0.2) is 0 Å². The maximum atomic E-state index is 5.14. The van der Waals surface area contributed by atoms with Gasteiger partial charge in [-0.05, 0) is 31.6 Å². The van der Waals surface area contributed by atoms with Crippen LogP contribution in [0.25, 0.3) is 0 Å². The molecular formula is C12H15N3S. The van der Waals surface area contributed by atoms with Gasteiger partial charge in [0.2, 0.25) is 0 Å². The maximum Gasteiger partial charge on any atom is 0.194 e. The van der Waals surface area contributed by atoms with Gasteiger partial charge in [-0.2, -0.15) is 5.10 Å². The van der Waals surface area contributed by atoms with Gasteiger partial charge >= 0.3 is 0 Å². The lowest BCUT2D eigenvalue weighted by Crippen LogP contribution is -2.23. The highest BCUT2D eigenvalue weighted by Gasteiger charge is 2.27. The van der Waals surface area contributed by atoms with E-state index in [1.807, 2.05) is 29.8 Å². The molecule has 0 saturated heterocycles. The van der Waals surface area contributed by atoms with E-state index in [1.54, 1.807) is 0 Å². The Kier molecular flexibility index (Phi) is 2.68. The number of aromatic amines is 1. The van der Waals surface area contributed by atoms with Crippen LogP contribution in [0, 0.1) is 4.77 Å². The van der Waals surface area contributed by atoms with Crippen LogP contribution in [0.2, 0.25) is 0 Å². The van der Waals surface area contributed by atoms with Crippen LogP contribution in [0.1, 0.15) is 25.2 Å². The monoisotopic (exact) mass is 233 g/mol. The molecule has 0 aliphatic rings. The van der Waals surface area contributed by atoms with Gasteiger partial charge < -0.3 is 4.57 Å². The lowest BCUT2D eigenvalue weighted by atomic mass is 9.84. The summed E-state index contributed by atoms with van der Waals surface area (Å²) in [7, 11) is 1.94. The molecule has 0 amide bonds. The summed E-state index contributed by atoms with van der Waals surface area (Å²) in [6, 6.07) is 10.3. The minimum absolute atomic E-state index is 0.149. The Balaban J connectivity index is 2.55. The summed E-state index contributed by atoms with van der Waals surface area (Å²) in [6.07, 6.45) is 0. The molecule has 2 rings (SSSR count). The lowest BCUT2D eigenvalue weighted by molar-refractivity contribution is 0.559. The summed E-state index contributed by atoms with van der Waals surface area (Å²) in [5.74, 6) is 0.948. The predicted octanol–water partition coefficient (Wildman–Crippen LogP) is 2.80. The minimum Gasteiger partial charge on any atom is -0.307 e. The molecule has 0 aliphatic heterocycles. The number of nitrogens with one attached hydrogen (secondary N) is 1. The molecule has 0 radical (unpaired) electrons. The van der Waals surface area contributed by atoms with Crippen LogP contribution in [0.15, 0.2) is 30.3 Å². The number of H-pyrrole nitrogens is 1. The van der Waals surface area contributed by atoms with Gasteiger partial charge in [0.25, 0.3) is 0 Å². The zero-order valence-corrected chi connectivity index (χ0v) is 10.5. The average Bonchev–Trinajstić information content (AvgIpc) is 2.61. The predicted molar refractivity (Wildman–Crippen MR) is 67.0 cm³/mol. The zero-order chi connectivity index (χ0) is 11.8. The molecule has 0 atom stereocenters. The molecule has 1 aromatic carbocycles. The van der Waals surface area contributed by atoms with E-state index in [9.17, 15) is 0 Å². The van der Waals surface area contributed by atoms with E-state index in [-0.39, 0.29) is 5.41 Å². The van der Waals surface area contributed by atoms with Gasteiger partial charge in [0.1, 0.15) is 5.82 Å². The zero-order valence-electron chi connectivity index (χ0n) is 9.69. The highest BCUT2D eigenvalue weighted by atomic mass is 32.1. The van der Waals surface area contributed by atoms with Crippen molar-refractivity contribution in [3.8, 4) is 0 Å². The third-order valence-corrected chi connectivity index (χ3v) is 3.30. The molecular weight excluding hydrogens is 218 g/mol. The Morgan fingerprint density at radius 3 is 2.38 bits per heavy atom. The number of benzene rings is 1. The fourth-order valence-corrected chi connectivity index (χ4v) is 2.02. The number of aromatic nitrogens is 3. The lowest BCUT2D eigenvalue weighted by Gasteiger charge is -2.23. The standard InChI is InChI=1S/C12H15N3S/c1-12(2,9-7-5-4-6-8-9)10-13-14-11(16)15(10)3/h4-8H,1-3H3,(H,14,16). The van der Waals surface area contributed by atoms with Crippen molar-refractivity contribution in [2.75, 3.05) is 0 Å². The maximum absolute atomic E-state index is 5.14. The van der Waals surface area contributed by atoms with Crippen molar-refractivity contribution < 1.29 is 0 Å². The number of nitrogens with zero attached hydrogens (tertiary/aromatic N) is 2. The topological polar surface area (TPSA) is 33.6 Å². The van der Waals surface area contributed by atoms with Crippen LogP contribution in [0.5, 0.6) is 0 Å². The molecule has 0 bridgehead atoms. The van der Waals surface area contributed by atoms with Crippen molar-refractivity contribution >= 4 is 12.2 Å². The Labute approximate surface area is 100 Å². The Hall–Kier alpha value is -1.42. The average molecular weight is 233 g/mol. The summed E-state index contributed by atoms with van der Waals surface area (Å²) in [5.41, 5.74) is 1.08. The first-order valence-corrected chi connectivity index (χ1v) is 5.61. The SMILES string of the molecule is Cn1c(C(C)(C)c2ccccc2)n[nH]c1=S. The van der Waals surface area contributed by atoms with E-state index < -0.39 is 0 Å². The molecule has 1 heterocycles. The van der Waals surface area contributed by atoms with Crippen molar-refractivity contribution in [1.82, 2.24) is 14.8 Å². The highest BCUT2D eigenvalue weighted by Crippen LogP contribution is 2.29. The molecule has 0 aliphatic carbocycles. The van der Waals surface area contributed by atoms with Gasteiger partial charge in [0.05, 0.1) is 0 Å². The molecule has 4 heteroatoms. The van der Waals surface area contributed by atoms with Gasteiger partial charge in [0.15, 0.2) is 4.77 Å². The largest absolute Gasteiger partial charge is 0.307 e. The van der Waals surface area contributed by atoms with Crippen LogP contribution in [-0.4, -0.2) is 14.8 Å². The van der Waals surface area contributed by atoms with E-state index in [1.165, 1.54) is 5.56 Å². The molecule has 0 saturated carbocycles. The molecule has 16 heavy (non-hydrogen) atoms. The van der Waals surface area contributed by atoms with Gasteiger partial charge in [-0.1, -0.05) is 30.3 Å². The van der Waals surface area contributed by atoms with Crippen LogP contribution >= 0.6 is 12.2 Å². The fraction of sp³-hybridized carbons (Fsp3) is 0.333. The molecule has 1 aromatic heterocycles. The van der Waals surface area contributed by atoms with Crippen LogP contribution in [0.4, 0.5) is 0 Å². The van der Waals surface area contributed by atoms with Gasteiger partial charge in [-0.15, -0.1) is 0 Å². The van der Waals surface area contributed by atoms with Crippen LogP contribution in [-0.2, 0) is 12.5 Å². The smallest absolute Gasteiger partial charge is 0.194 e. The second kappa shape index (κ2) is 3.87.